The zero-order chi connectivity index (χ0) is 13.5. The van der Waals surface area contributed by atoms with E-state index in [0.717, 1.165) is 11.1 Å². The largest absolute Gasteiger partial charge is 0.464 e. The first kappa shape index (κ1) is 14.7. The van der Waals surface area contributed by atoms with E-state index < -0.39 is 0 Å². The van der Waals surface area contributed by atoms with Crippen molar-refractivity contribution >= 4 is 27.9 Å². The van der Waals surface area contributed by atoms with Gasteiger partial charge in [0.05, 0.1) is 4.83 Å². The monoisotopic (exact) mass is 314 g/mol. The van der Waals surface area contributed by atoms with Gasteiger partial charge in [0, 0.05) is 13.8 Å². The molecule has 98 valence electrons. The van der Waals surface area contributed by atoms with Crippen molar-refractivity contribution in [2.45, 2.75) is 25.3 Å². The molecule has 0 aliphatic rings. The van der Waals surface area contributed by atoms with Crippen molar-refractivity contribution in [1.29, 1.82) is 0 Å². The SMILES string of the molecule is CC(=O)OCc1ccc(C(Br)COC(C)=O)cc1. The van der Waals surface area contributed by atoms with Gasteiger partial charge in [-0.3, -0.25) is 9.59 Å². The molecule has 0 saturated heterocycles. The number of rotatable bonds is 5. The summed E-state index contributed by atoms with van der Waals surface area (Å²) >= 11 is 3.44. The van der Waals surface area contributed by atoms with Gasteiger partial charge in [-0.15, -0.1) is 0 Å². The van der Waals surface area contributed by atoms with Crippen LogP contribution < -0.4 is 0 Å². The summed E-state index contributed by atoms with van der Waals surface area (Å²) in [4.78, 5) is 21.3. The number of hydrogen-bond donors (Lipinski definition) is 0. The number of alkyl halides is 1. The Morgan fingerprint density at radius 3 is 2.17 bits per heavy atom. The number of benzene rings is 1. The zero-order valence-electron chi connectivity index (χ0n) is 10.3. The van der Waals surface area contributed by atoms with Crippen LogP contribution in [0, 0.1) is 0 Å². The van der Waals surface area contributed by atoms with E-state index >= 15 is 0 Å². The van der Waals surface area contributed by atoms with Gasteiger partial charge in [0.1, 0.15) is 13.2 Å². The predicted octanol–water partition coefficient (Wildman–Crippen LogP) is 2.75. The summed E-state index contributed by atoms with van der Waals surface area (Å²) in [5.41, 5.74) is 1.92. The van der Waals surface area contributed by atoms with Crippen LogP contribution in [0.3, 0.4) is 0 Å². The maximum absolute atomic E-state index is 10.7. The van der Waals surface area contributed by atoms with Crippen molar-refractivity contribution in [3.8, 4) is 0 Å². The van der Waals surface area contributed by atoms with E-state index in [2.05, 4.69) is 15.9 Å². The molecule has 1 atom stereocenters. The lowest BCUT2D eigenvalue weighted by Crippen LogP contribution is -2.06. The van der Waals surface area contributed by atoms with Gasteiger partial charge in [-0.25, -0.2) is 0 Å². The Balaban J connectivity index is 2.53. The van der Waals surface area contributed by atoms with Crippen molar-refractivity contribution in [3.63, 3.8) is 0 Å². The molecule has 1 aromatic rings. The summed E-state index contributed by atoms with van der Waals surface area (Å²) in [5, 5.41) is 0. The summed E-state index contributed by atoms with van der Waals surface area (Å²) in [6.07, 6.45) is 0. The van der Waals surface area contributed by atoms with Gasteiger partial charge < -0.3 is 9.47 Å². The molecule has 18 heavy (non-hydrogen) atoms. The molecular weight excluding hydrogens is 300 g/mol. The molecule has 0 spiro atoms. The third-order valence-electron chi connectivity index (χ3n) is 2.22. The average molecular weight is 315 g/mol. The molecule has 5 heteroatoms. The summed E-state index contributed by atoms with van der Waals surface area (Å²) < 4.78 is 9.80. The van der Waals surface area contributed by atoms with Crippen LogP contribution in [0.25, 0.3) is 0 Å². The van der Waals surface area contributed by atoms with Crippen molar-refractivity contribution < 1.29 is 19.1 Å². The molecule has 0 heterocycles. The first-order valence-corrected chi connectivity index (χ1v) is 6.40. The predicted molar refractivity (Wildman–Crippen MR) is 70.2 cm³/mol. The highest BCUT2D eigenvalue weighted by Gasteiger charge is 2.09. The number of esters is 2. The number of hydrogen-bond acceptors (Lipinski definition) is 4. The van der Waals surface area contributed by atoms with E-state index in [0.29, 0.717) is 6.61 Å². The van der Waals surface area contributed by atoms with Crippen LogP contribution in [-0.4, -0.2) is 18.5 Å². The Bertz CT molecular complexity index is 414. The van der Waals surface area contributed by atoms with E-state index in [-0.39, 0.29) is 23.4 Å². The molecule has 0 amide bonds. The zero-order valence-corrected chi connectivity index (χ0v) is 11.9. The fourth-order valence-corrected chi connectivity index (χ4v) is 1.73. The van der Waals surface area contributed by atoms with Crippen molar-refractivity contribution in [2.75, 3.05) is 6.61 Å². The summed E-state index contributed by atoms with van der Waals surface area (Å²) in [6.45, 7) is 3.31. The highest BCUT2D eigenvalue weighted by Crippen LogP contribution is 2.23. The van der Waals surface area contributed by atoms with Gasteiger partial charge in [-0.05, 0) is 11.1 Å². The Labute approximate surface area is 114 Å². The van der Waals surface area contributed by atoms with Gasteiger partial charge in [0.2, 0.25) is 0 Å². The number of carbonyl (C=O) groups is 2. The fourth-order valence-electron chi connectivity index (χ4n) is 1.29. The van der Waals surface area contributed by atoms with Gasteiger partial charge in [-0.1, -0.05) is 40.2 Å². The van der Waals surface area contributed by atoms with E-state index in [4.69, 9.17) is 9.47 Å². The average Bonchev–Trinajstić information content (AvgIpc) is 2.34. The molecule has 1 rings (SSSR count). The molecule has 0 bridgehead atoms. The summed E-state index contributed by atoms with van der Waals surface area (Å²) in [7, 11) is 0. The highest BCUT2D eigenvalue weighted by molar-refractivity contribution is 9.09. The van der Waals surface area contributed by atoms with Gasteiger partial charge in [0.25, 0.3) is 0 Å². The molecule has 0 N–H and O–H groups in total. The molecule has 0 aliphatic heterocycles. The second kappa shape index (κ2) is 7.16. The number of ether oxygens (including phenoxy) is 2. The molecule has 0 fully saturated rings. The Morgan fingerprint density at radius 2 is 1.67 bits per heavy atom. The second-order valence-electron chi connectivity index (χ2n) is 3.79. The van der Waals surface area contributed by atoms with Crippen molar-refractivity contribution in [3.05, 3.63) is 35.4 Å². The maximum Gasteiger partial charge on any atom is 0.302 e. The van der Waals surface area contributed by atoms with Crippen LogP contribution in [0.4, 0.5) is 0 Å². The molecule has 4 nitrogen and oxygen atoms in total. The normalized spacial score (nSPS) is 11.7. The summed E-state index contributed by atoms with van der Waals surface area (Å²) in [6, 6.07) is 7.56. The van der Waals surface area contributed by atoms with Crippen LogP contribution in [-0.2, 0) is 25.7 Å². The van der Waals surface area contributed by atoms with E-state index in [1.807, 2.05) is 24.3 Å². The third kappa shape index (κ3) is 5.31. The standard InChI is InChI=1S/C13H15BrO4/c1-9(15)17-7-11-3-5-12(6-4-11)13(14)8-18-10(2)16/h3-6,13H,7-8H2,1-2H3. The van der Waals surface area contributed by atoms with Crippen molar-refractivity contribution in [2.24, 2.45) is 0 Å². The van der Waals surface area contributed by atoms with Crippen LogP contribution >= 0.6 is 15.9 Å². The molecule has 0 saturated carbocycles. The van der Waals surface area contributed by atoms with E-state index in [1.54, 1.807) is 0 Å². The van der Waals surface area contributed by atoms with Gasteiger partial charge in [-0.2, -0.15) is 0 Å². The topological polar surface area (TPSA) is 52.6 Å². The van der Waals surface area contributed by atoms with E-state index in [9.17, 15) is 9.59 Å². The quantitative estimate of drug-likeness (QED) is 0.619. The minimum atomic E-state index is -0.300. The minimum Gasteiger partial charge on any atom is -0.464 e. The first-order chi connectivity index (χ1) is 8.49. The van der Waals surface area contributed by atoms with Crippen LogP contribution in [0.2, 0.25) is 0 Å². The molecule has 1 aromatic carbocycles. The van der Waals surface area contributed by atoms with Gasteiger partial charge in [0.15, 0.2) is 0 Å². The number of carbonyl (C=O) groups excluding carboxylic acids is 2. The van der Waals surface area contributed by atoms with Crippen LogP contribution in [0.5, 0.6) is 0 Å². The lowest BCUT2D eigenvalue weighted by Gasteiger charge is -2.10. The number of halogens is 1. The fraction of sp³-hybridized carbons (Fsp3) is 0.385. The van der Waals surface area contributed by atoms with Crippen molar-refractivity contribution in [1.82, 2.24) is 0 Å². The lowest BCUT2D eigenvalue weighted by molar-refractivity contribution is -0.142. The van der Waals surface area contributed by atoms with Crippen LogP contribution in [0.15, 0.2) is 24.3 Å². The molecule has 0 radical (unpaired) electrons. The molecular formula is C13H15BrO4. The van der Waals surface area contributed by atoms with Gasteiger partial charge >= 0.3 is 11.9 Å². The Kier molecular flexibility index (Phi) is 5.85. The lowest BCUT2D eigenvalue weighted by atomic mass is 10.1. The van der Waals surface area contributed by atoms with E-state index in [1.165, 1.54) is 13.8 Å². The Hall–Kier alpha value is -1.36. The molecule has 0 aliphatic carbocycles. The third-order valence-corrected chi connectivity index (χ3v) is 3.01. The minimum absolute atomic E-state index is 0.0378. The van der Waals surface area contributed by atoms with Crippen LogP contribution in [0.1, 0.15) is 29.8 Å². The second-order valence-corrected chi connectivity index (χ2v) is 4.90. The Morgan fingerprint density at radius 1 is 1.11 bits per heavy atom. The first-order valence-electron chi connectivity index (χ1n) is 5.48. The summed E-state index contributed by atoms with van der Waals surface area (Å²) in [5.74, 6) is -0.599. The maximum atomic E-state index is 10.7. The smallest absolute Gasteiger partial charge is 0.302 e. The highest BCUT2D eigenvalue weighted by atomic mass is 79.9. The molecule has 0 aromatic heterocycles. The molecule has 1 unspecified atom stereocenters.